The van der Waals surface area contributed by atoms with Crippen LogP contribution in [0.25, 0.3) is 10.9 Å². The SMILES string of the molecule is N#Cc1nnc2ccccc2c1NC1CCCOC1. The molecule has 0 amide bonds. The van der Waals surface area contributed by atoms with Crippen LogP contribution in [-0.4, -0.2) is 29.5 Å². The summed E-state index contributed by atoms with van der Waals surface area (Å²) in [5.74, 6) is 0. The molecular formula is C14H14N4O. The fourth-order valence-electron chi connectivity index (χ4n) is 2.34. The number of anilines is 1. The van der Waals surface area contributed by atoms with Gasteiger partial charge in [-0.1, -0.05) is 18.2 Å². The maximum atomic E-state index is 9.18. The molecule has 1 unspecified atom stereocenters. The molecule has 3 rings (SSSR count). The number of benzene rings is 1. The average Bonchev–Trinajstić information content (AvgIpc) is 2.49. The summed E-state index contributed by atoms with van der Waals surface area (Å²) in [6.07, 6.45) is 2.08. The standard InChI is InChI=1S/C14H14N4O/c15-8-13-14(16-10-4-3-7-19-9-10)11-5-1-2-6-12(11)17-18-13/h1-2,5-6,10H,3-4,7,9H2,(H,16,17). The van der Waals surface area contributed by atoms with Crippen LogP contribution in [0, 0.1) is 11.3 Å². The smallest absolute Gasteiger partial charge is 0.186 e. The van der Waals surface area contributed by atoms with Crippen molar-refractivity contribution in [2.45, 2.75) is 18.9 Å². The second-order valence-electron chi connectivity index (χ2n) is 4.61. The Morgan fingerprint density at radius 3 is 3.00 bits per heavy atom. The van der Waals surface area contributed by atoms with E-state index in [1.54, 1.807) is 0 Å². The Morgan fingerprint density at radius 1 is 1.32 bits per heavy atom. The Hall–Kier alpha value is -2.19. The molecule has 1 aromatic heterocycles. The largest absolute Gasteiger partial charge is 0.379 e. The minimum Gasteiger partial charge on any atom is -0.379 e. The van der Waals surface area contributed by atoms with E-state index in [1.807, 2.05) is 24.3 Å². The van der Waals surface area contributed by atoms with E-state index in [0.29, 0.717) is 12.3 Å². The molecule has 1 aliphatic heterocycles. The molecule has 0 bridgehead atoms. The van der Waals surface area contributed by atoms with Crippen LogP contribution in [0.3, 0.4) is 0 Å². The first kappa shape index (κ1) is 11.9. The third-order valence-electron chi connectivity index (χ3n) is 3.28. The molecule has 96 valence electrons. The Kier molecular flexibility index (Phi) is 3.25. The lowest BCUT2D eigenvalue weighted by molar-refractivity contribution is 0.0876. The zero-order chi connectivity index (χ0) is 13.1. The van der Waals surface area contributed by atoms with Gasteiger partial charge in [-0.15, -0.1) is 10.2 Å². The summed E-state index contributed by atoms with van der Waals surface area (Å²) in [7, 11) is 0. The highest BCUT2D eigenvalue weighted by atomic mass is 16.5. The van der Waals surface area contributed by atoms with Gasteiger partial charge in [0, 0.05) is 18.0 Å². The maximum Gasteiger partial charge on any atom is 0.186 e. The monoisotopic (exact) mass is 254 g/mol. The number of fused-ring (bicyclic) bond motifs is 1. The molecule has 0 saturated carbocycles. The quantitative estimate of drug-likeness (QED) is 0.888. The number of nitrogens with one attached hydrogen (secondary N) is 1. The van der Waals surface area contributed by atoms with E-state index < -0.39 is 0 Å². The molecule has 2 heterocycles. The molecule has 2 aromatic rings. The number of nitriles is 1. The van der Waals surface area contributed by atoms with Gasteiger partial charge >= 0.3 is 0 Å². The number of aromatic nitrogens is 2. The lowest BCUT2D eigenvalue weighted by Gasteiger charge is -2.24. The predicted molar refractivity (Wildman–Crippen MR) is 71.7 cm³/mol. The van der Waals surface area contributed by atoms with Crippen LogP contribution in [0.2, 0.25) is 0 Å². The van der Waals surface area contributed by atoms with Gasteiger partial charge in [-0.25, -0.2) is 0 Å². The number of hydrogen-bond acceptors (Lipinski definition) is 5. The van der Waals surface area contributed by atoms with Gasteiger partial charge in [-0.3, -0.25) is 0 Å². The molecule has 1 aliphatic rings. The van der Waals surface area contributed by atoms with Crippen LogP contribution in [-0.2, 0) is 4.74 Å². The summed E-state index contributed by atoms with van der Waals surface area (Å²) in [4.78, 5) is 0. The summed E-state index contributed by atoms with van der Waals surface area (Å²) >= 11 is 0. The van der Waals surface area contributed by atoms with E-state index in [4.69, 9.17) is 4.74 Å². The van der Waals surface area contributed by atoms with Crippen molar-refractivity contribution in [3.8, 4) is 6.07 Å². The third-order valence-corrected chi connectivity index (χ3v) is 3.28. The first-order valence-electron chi connectivity index (χ1n) is 6.38. The van der Waals surface area contributed by atoms with Crippen molar-refractivity contribution >= 4 is 16.6 Å². The molecule has 0 aliphatic carbocycles. The normalized spacial score (nSPS) is 19.0. The van der Waals surface area contributed by atoms with Crippen LogP contribution in [0.5, 0.6) is 0 Å². The molecule has 19 heavy (non-hydrogen) atoms. The van der Waals surface area contributed by atoms with E-state index in [-0.39, 0.29) is 6.04 Å². The molecule has 1 aromatic carbocycles. The molecule has 1 fully saturated rings. The molecule has 1 atom stereocenters. The molecule has 1 N–H and O–H groups in total. The number of nitrogens with zero attached hydrogens (tertiary/aromatic N) is 3. The summed E-state index contributed by atoms with van der Waals surface area (Å²) in [6, 6.07) is 10.0. The van der Waals surface area contributed by atoms with E-state index in [0.717, 1.165) is 36.0 Å². The number of rotatable bonds is 2. The Bertz CT molecular complexity index is 629. The van der Waals surface area contributed by atoms with Crippen LogP contribution in [0.4, 0.5) is 5.69 Å². The summed E-state index contributed by atoms with van der Waals surface area (Å²) in [5, 5.41) is 21.5. The Balaban J connectivity index is 2.02. The molecule has 0 radical (unpaired) electrons. The van der Waals surface area contributed by atoms with Gasteiger partial charge in [-0.05, 0) is 18.9 Å². The van der Waals surface area contributed by atoms with E-state index in [1.165, 1.54) is 0 Å². The molecule has 5 nitrogen and oxygen atoms in total. The Labute approximate surface area is 111 Å². The maximum absolute atomic E-state index is 9.18. The van der Waals surface area contributed by atoms with Gasteiger partial charge < -0.3 is 10.1 Å². The van der Waals surface area contributed by atoms with Crippen molar-refractivity contribution in [2.24, 2.45) is 0 Å². The van der Waals surface area contributed by atoms with Crippen LogP contribution in [0.15, 0.2) is 24.3 Å². The van der Waals surface area contributed by atoms with Gasteiger partial charge in [0.1, 0.15) is 6.07 Å². The summed E-state index contributed by atoms with van der Waals surface area (Å²) in [6.45, 7) is 1.49. The first-order chi connectivity index (χ1) is 9.38. The second kappa shape index (κ2) is 5.21. The fraction of sp³-hybridized carbons (Fsp3) is 0.357. The highest BCUT2D eigenvalue weighted by Crippen LogP contribution is 2.25. The van der Waals surface area contributed by atoms with Crippen molar-refractivity contribution in [3.63, 3.8) is 0 Å². The zero-order valence-electron chi connectivity index (χ0n) is 10.5. The highest BCUT2D eigenvalue weighted by Gasteiger charge is 2.17. The molecule has 0 spiro atoms. The van der Waals surface area contributed by atoms with Crippen LogP contribution >= 0.6 is 0 Å². The molecule has 1 saturated heterocycles. The molecule has 5 heteroatoms. The van der Waals surface area contributed by atoms with Crippen molar-refractivity contribution in [1.29, 1.82) is 5.26 Å². The minimum atomic E-state index is 0.230. The number of ether oxygens (including phenoxy) is 1. The van der Waals surface area contributed by atoms with Crippen LogP contribution in [0.1, 0.15) is 18.5 Å². The van der Waals surface area contributed by atoms with Crippen molar-refractivity contribution in [3.05, 3.63) is 30.0 Å². The lowest BCUT2D eigenvalue weighted by atomic mass is 10.1. The van der Waals surface area contributed by atoms with Gasteiger partial charge in [0.15, 0.2) is 5.69 Å². The number of hydrogen-bond donors (Lipinski definition) is 1. The van der Waals surface area contributed by atoms with E-state index in [9.17, 15) is 5.26 Å². The summed E-state index contributed by atoms with van der Waals surface area (Å²) in [5.41, 5.74) is 1.90. The predicted octanol–water partition coefficient (Wildman–Crippen LogP) is 2.09. The van der Waals surface area contributed by atoms with Crippen molar-refractivity contribution in [2.75, 3.05) is 18.5 Å². The average molecular weight is 254 g/mol. The first-order valence-corrected chi connectivity index (χ1v) is 6.38. The minimum absolute atomic E-state index is 0.230. The third kappa shape index (κ3) is 2.35. The summed E-state index contributed by atoms with van der Waals surface area (Å²) < 4.78 is 5.46. The lowest BCUT2D eigenvalue weighted by Crippen LogP contribution is -2.30. The van der Waals surface area contributed by atoms with Crippen LogP contribution < -0.4 is 5.32 Å². The van der Waals surface area contributed by atoms with Gasteiger partial charge in [-0.2, -0.15) is 5.26 Å². The van der Waals surface area contributed by atoms with E-state index >= 15 is 0 Å². The van der Waals surface area contributed by atoms with Crippen molar-refractivity contribution in [1.82, 2.24) is 10.2 Å². The topological polar surface area (TPSA) is 70.8 Å². The van der Waals surface area contributed by atoms with Gasteiger partial charge in [0.2, 0.25) is 0 Å². The fourth-order valence-corrected chi connectivity index (χ4v) is 2.34. The van der Waals surface area contributed by atoms with E-state index in [2.05, 4.69) is 21.6 Å². The van der Waals surface area contributed by atoms with Gasteiger partial charge in [0.05, 0.1) is 17.8 Å². The highest BCUT2D eigenvalue weighted by molar-refractivity contribution is 5.92. The van der Waals surface area contributed by atoms with Gasteiger partial charge in [0.25, 0.3) is 0 Å². The zero-order valence-corrected chi connectivity index (χ0v) is 10.5. The van der Waals surface area contributed by atoms with Crippen molar-refractivity contribution < 1.29 is 4.74 Å². The Morgan fingerprint density at radius 2 is 2.21 bits per heavy atom. The molecular weight excluding hydrogens is 240 g/mol. The second-order valence-corrected chi connectivity index (χ2v) is 4.61.